The molecular formula is C13H18ClNO2. The van der Waals surface area contributed by atoms with Gasteiger partial charge in [0.2, 0.25) is 0 Å². The number of unbranched alkanes of at least 4 members (excludes halogenated alkanes) is 1. The van der Waals surface area contributed by atoms with Gasteiger partial charge in [-0.15, -0.1) is 0 Å². The molecule has 1 atom stereocenters. The third-order valence-electron chi connectivity index (χ3n) is 2.54. The van der Waals surface area contributed by atoms with Gasteiger partial charge >= 0.3 is 5.97 Å². The Morgan fingerprint density at radius 3 is 2.76 bits per heavy atom. The first kappa shape index (κ1) is 13.8. The summed E-state index contributed by atoms with van der Waals surface area (Å²) < 4.78 is 4.78. The number of anilines is 1. The van der Waals surface area contributed by atoms with Crippen LogP contribution in [0.5, 0.6) is 0 Å². The topological polar surface area (TPSA) is 38.3 Å². The van der Waals surface area contributed by atoms with Crippen molar-refractivity contribution in [2.45, 2.75) is 32.2 Å². The van der Waals surface area contributed by atoms with Crippen LogP contribution in [0.3, 0.4) is 0 Å². The maximum atomic E-state index is 11.6. The molecular weight excluding hydrogens is 238 g/mol. The first-order valence-corrected chi connectivity index (χ1v) is 6.15. The summed E-state index contributed by atoms with van der Waals surface area (Å²) in [7, 11) is 1.40. The van der Waals surface area contributed by atoms with Crippen LogP contribution < -0.4 is 5.32 Å². The molecule has 0 saturated heterocycles. The van der Waals surface area contributed by atoms with E-state index in [4.69, 9.17) is 16.3 Å². The van der Waals surface area contributed by atoms with Crippen molar-refractivity contribution in [3.05, 3.63) is 29.3 Å². The molecule has 0 aromatic heterocycles. The molecule has 0 aliphatic rings. The zero-order chi connectivity index (χ0) is 12.7. The maximum Gasteiger partial charge on any atom is 0.328 e. The van der Waals surface area contributed by atoms with Gasteiger partial charge in [-0.3, -0.25) is 0 Å². The summed E-state index contributed by atoms with van der Waals surface area (Å²) in [6.45, 7) is 2.09. The number of esters is 1. The van der Waals surface area contributed by atoms with Crippen LogP contribution in [0.1, 0.15) is 26.2 Å². The molecule has 94 valence electrons. The first-order chi connectivity index (χ1) is 8.19. The summed E-state index contributed by atoms with van der Waals surface area (Å²) in [4.78, 5) is 11.6. The minimum Gasteiger partial charge on any atom is -0.467 e. The average Bonchev–Trinajstić information content (AvgIpc) is 2.35. The lowest BCUT2D eigenvalue weighted by molar-refractivity contribution is -0.141. The number of para-hydroxylation sites is 1. The molecule has 4 heteroatoms. The Labute approximate surface area is 107 Å². The number of nitrogens with one attached hydrogen (secondary N) is 1. The van der Waals surface area contributed by atoms with Crippen molar-refractivity contribution in [2.75, 3.05) is 12.4 Å². The zero-order valence-corrected chi connectivity index (χ0v) is 11.0. The molecule has 1 N–H and O–H groups in total. The Balaban J connectivity index is 2.72. The normalized spacial score (nSPS) is 11.9. The number of halogens is 1. The van der Waals surface area contributed by atoms with E-state index in [2.05, 4.69) is 12.2 Å². The van der Waals surface area contributed by atoms with Crippen LogP contribution in [0.25, 0.3) is 0 Å². The molecule has 0 aliphatic heterocycles. The first-order valence-electron chi connectivity index (χ1n) is 5.78. The molecule has 0 bridgehead atoms. The minimum atomic E-state index is -0.333. The van der Waals surface area contributed by atoms with Crippen LogP contribution in [0.15, 0.2) is 24.3 Å². The van der Waals surface area contributed by atoms with Crippen molar-refractivity contribution >= 4 is 23.3 Å². The molecule has 1 aromatic carbocycles. The molecule has 0 fully saturated rings. The van der Waals surface area contributed by atoms with E-state index in [1.807, 2.05) is 18.2 Å². The largest absolute Gasteiger partial charge is 0.467 e. The van der Waals surface area contributed by atoms with Gasteiger partial charge in [-0.2, -0.15) is 0 Å². The van der Waals surface area contributed by atoms with Crippen LogP contribution in [0.2, 0.25) is 5.02 Å². The third-order valence-corrected chi connectivity index (χ3v) is 2.87. The quantitative estimate of drug-likeness (QED) is 0.791. The predicted octanol–water partition coefficient (Wildman–Crippen LogP) is 3.48. The Bertz CT molecular complexity index is 368. The molecule has 0 radical (unpaired) electrons. The second-order valence-corrected chi connectivity index (χ2v) is 4.25. The molecule has 1 aromatic rings. The smallest absolute Gasteiger partial charge is 0.328 e. The predicted molar refractivity (Wildman–Crippen MR) is 70.4 cm³/mol. The number of rotatable bonds is 6. The second-order valence-electron chi connectivity index (χ2n) is 3.84. The zero-order valence-electron chi connectivity index (χ0n) is 10.2. The van der Waals surface area contributed by atoms with Gasteiger partial charge < -0.3 is 10.1 Å². The highest BCUT2D eigenvalue weighted by Crippen LogP contribution is 2.22. The molecule has 1 unspecified atom stereocenters. The standard InChI is InChI=1S/C13H18ClNO2/c1-3-4-8-12(13(16)17-2)15-11-9-6-5-7-10(11)14/h5-7,9,12,15H,3-4,8H2,1-2H3. The molecule has 3 nitrogen and oxygen atoms in total. The highest BCUT2D eigenvalue weighted by atomic mass is 35.5. The van der Waals surface area contributed by atoms with E-state index in [0.717, 1.165) is 24.9 Å². The van der Waals surface area contributed by atoms with E-state index in [-0.39, 0.29) is 12.0 Å². The van der Waals surface area contributed by atoms with E-state index < -0.39 is 0 Å². The summed E-state index contributed by atoms with van der Waals surface area (Å²) >= 11 is 6.04. The lowest BCUT2D eigenvalue weighted by Crippen LogP contribution is -2.30. The highest BCUT2D eigenvalue weighted by Gasteiger charge is 2.18. The van der Waals surface area contributed by atoms with Crippen molar-refractivity contribution in [1.82, 2.24) is 0 Å². The summed E-state index contributed by atoms with van der Waals surface area (Å²) in [5.74, 6) is -0.252. The van der Waals surface area contributed by atoms with Crippen molar-refractivity contribution in [1.29, 1.82) is 0 Å². The number of ether oxygens (including phenoxy) is 1. The number of benzene rings is 1. The summed E-state index contributed by atoms with van der Waals surface area (Å²) in [6, 6.07) is 7.04. The van der Waals surface area contributed by atoms with Gasteiger partial charge in [0.25, 0.3) is 0 Å². The summed E-state index contributed by atoms with van der Waals surface area (Å²) in [5.41, 5.74) is 0.765. The lowest BCUT2D eigenvalue weighted by atomic mass is 10.1. The molecule has 0 amide bonds. The van der Waals surface area contributed by atoms with E-state index in [9.17, 15) is 4.79 Å². The van der Waals surface area contributed by atoms with E-state index in [1.54, 1.807) is 6.07 Å². The Morgan fingerprint density at radius 2 is 2.18 bits per heavy atom. The van der Waals surface area contributed by atoms with E-state index in [1.165, 1.54) is 7.11 Å². The van der Waals surface area contributed by atoms with Gasteiger partial charge in [0.05, 0.1) is 17.8 Å². The molecule has 0 saturated carbocycles. The van der Waals surface area contributed by atoms with Crippen molar-refractivity contribution in [2.24, 2.45) is 0 Å². The van der Waals surface area contributed by atoms with Crippen molar-refractivity contribution < 1.29 is 9.53 Å². The van der Waals surface area contributed by atoms with Gasteiger partial charge in [-0.25, -0.2) is 4.79 Å². The SMILES string of the molecule is CCCCC(Nc1ccccc1Cl)C(=O)OC. The summed E-state index contributed by atoms with van der Waals surface area (Å²) in [5, 5.41) is 3.74. The monoisotopic (exact) mass is 255 g/mol. The van der Waals surface area contributed by atoms with Crippen LogP contribution in [-0.2, 0) is 9.53 Å². The van der Waals surface area contributed by atoms with Gasteiger partial charge in [-0.05, 0) is 18.6 Å². The van der Waals surface area contributed by atoms with Gasteiger partial charge in [0, 0.05) is 0 Å². The fourth-order valence-electron chi connectivity index (χ4n) is 1.57. The van der Waals surface area contributed by atoms with Crippen LogP contribution in [-0.4, -0.2) is 19.1 Å². The van der Waals surface area contributed by atoms with E-state index in [0.29, 0.717) is 5.02 Å². The summed E-state index contributed by atoms with van der Waals surface area (Å²) in [6.07, 6.45) is 2.75. The minimum absolute atomic E-state index is 0.252. The number of hydrogen-bond acceptors (Lipinski definition) is 3. The van der Waals surface area contributed by atoms with Crippen molar-refractivity contribution in [3.8, 4) is 0 Å². The van der Waals surface area contributed by atoms with Crippen LogP contribution >= 0.6 is 11.6 Å². The Hall–Kier alpha value is -1.22. The number of carbonyl (C=O) groups is 1. The Morgan fingerprint density at radius 1 is 1.47 bits per heavy atom. The number of carbonyl (C=O) groups excluding carboxylic acids is 1. The Kier molecular flexibility index (Phi) is 5.84. The molecule has 0 aliphatic carbocycles. The van der Waals surface area contributed by atoms with Gasteiger partial charge in [-0.1, -0.05) is 43.5 Å². The van der Waals surface area contributed by atoms with Gasteiger partial charge in [0.1, 0.15) is 6.04 Å². The van der Waals surface area contributed by atoms with Gasteiger partial charge in [0.15, 0.2) is 0 Å². The van der Waals surface area contributed by atoms with Crippen LogP contribution in [0, 0.1) is 0 Å². The number of hydrogen-bond donors (Lipinski definition) is 1. The number of methoxy groups -OCH3 is 1. The highest BCUT2D eigenvalue weighted by molar-refractivity contribution is 6.33. The second kappa shape index (κ2) is 7.17. The third kappa shape index (κ3) is 4.27. The molecule has 1 rings (SSSR count). The molecule has 0 spiro atoms. The van der Waals surface area contributed by atoms with Crippen LogP contribution in [0.4, 0.5) is 5.69 Å². The fourth-order valence-corrected chi connectivity index (χ4v) is 1.76. The van der Waals surface area contributed by atoms with Crippen molar-refractivity contribution in [3.63, 3.8) is 0 Å². The average molecular weight is 256 g/mol. The molecule has 0 heterocycles. The lowest BCUT2D eigenvalue weighted by Gasteiger charge is -2.18. The molecule has 17 heavy (non-hydrogen) atoms. The maximum absolute atomic E-state index is 11.6. The fraction of sp³-hybridized carbons (Fsp3) is 0.462. The van der Waals surface area contributed by atoms with E-state index >= 15 is 0 Å².